The van der Waals surface area contributed by atoms with Gasteiger partial charge >= 0.3 is 0 Å². The van der Waals surface area contributed by atoms with Gasteiger partial charge in [-0.3, -0.25) is 4.79 Å². The summed E-state index contributed by atoms with van der Waals surface area (Å²) in [7, 11) is 0. The largest absolute Gasteiger partial charge is 0.378 e. The predicted octanol–water partition coefficient (Wildman–Crippen LogP) is 3.42. The highest BCUT2D eigenvalue weighted by Crippen LogP contribution is 2.56. The number of anilines is 2. The Kier molecular flexibility index (Phi) is 4.17. The minimum absolute atomic E-state index is 0.121. The number of carbonyl (C=O) groups is 1. The molecule has 1 aliphatic heterocycles. The Hall–Kier alpha value is -1.59. The molecule has 0 radical (unpaired) electrons. The van der Waals surface area contributed by atoms with Crippen molar-refractivity contribution >= 4 is 17.3 Å². The molecule has 1 heterocycles. The molecule has 1 saturated heterocycles. The molecule has 4 aliphatic carbocycles. The van der Waals surface area contributed by atoms with Crippen molar-refractivity contribution < 1.29 is 14.3 Å². The van der Waals surface area contributed by atoms with Crippen molar-refractivity contribution in [2.45, 2.75) is 50.2 Å². The zero-order chi connectivity index (χ0) is 17.6. The first kappa shape index (κ1) is 16.6. The summed E-state index contributed by atoms with van der Waals surface area (Å²) in [5.74, 6) is 2.55. The van der Waals surface area contributed by atoms with Crippen LogP contribution < -0.4 is 10.6 Å². The second kappa shape index (κ2) is 6.54. The van der Waals surface area contributed by atoms with Gasteiger partial charge in [0.1, 0.15) is 0 Å². The lowest BCUT2D eigenvalue weighted by Gasteiger charge is -2.57. The average molecular weight is 356 g/mol. The number of hydrogen-bond acceptors (Lipinski definition) is 4. The summed E-state index contributed by atoms with van der Waals surface area (Å²) < 4.78 is 10.9. The second-order valence-electron chi connectivity index (χ2n) is 8.79. The van der Waals surface area contributed by atoms with Crippen LogP contribution in [0.1, 0.15) is 38.5 Å². The van der Waals surface area contributed by atoms with E-state index in [1.54, 1.807) is 0 Å². The molecule has 1 aromatic rings. The first-order chi connectivity index (χ1) is 12.7. The summed E-state index contributed by atoms with van der Waals surface area (Å²) in [6.07, 6.45) is 7.61. The molecule has 140 valence electrons. The van der Waals surface area contributed by atoms with E-state index in [4.69, 9.17) is 9.47 Å². The van der Waals surface area contributed by atoms with Gasteiger partial charge in [0.2, 0.25) is 0 Å². The average Bonchev–Trinajstić information content (AvgIpc) is 2.63. The van der Waals surface area contributed by atoms with E-state index in [0.717, 1.165) is 29.1 Å². The lowest BCUT2D eigenvalue weighted by Crippen LogP contribution is -2.54. The number of benzene rings is 1. The van der Waals surface area contributed by atoms with Gasteiger partial charge in [-0.1, -0.05) is 12.1 Å². The molecular weight excluding hydrogens is 328 g/mol. The molecule has 6 rings (SSSR count). The molecule has 0 unspecified atom stereocenters. The van der Waals surface area contributed by atoms with Crippen LogP contribution in [-0.4, -0.2) is 37.4 Å². The summed E-state index contributed by atoms with van der Waals surface area (Å²) in [4.78, 5) is 12.5. The molecule has 5 heteroatoms. The molecule has 4 bridgehead atoms. The molecule has 5 aliphatic rings. The van der Waals surface area contributed by atoms with Crippen LogP contribution >= 0.6 is 0 Å². The van der Waals surface area contributed by atoms with Crippen LogP contribution in [0, 0.1) is 17.8 Å². The van der Waals surface area contributed by atoms with E-state index < -0.39 is 6.10 Å². The van der Waals surface area contributed by atoms with Crippen molar-refractivity contribution in [2.24, 2.45) is 17.8 Å². The Balaban J connectivity index is 1.33. The number of rotatable bonds is 4. The van der Waals surface area contributed by atoms with Crippen molar-refractivity contribution in [2.75, 3.05) is 30.5 Å². The SMILES string of the molecule is O=C(Nc1ccccc1NC12CC3CC(CC(C3)C1)C2)[C@@H]1COCCO1. The van der Waals surface area contributed by atoms with E-state index in [2.05, 4.69) is 16.7 Å². The molecule has 2 N–H and O–H groups in total. The van der Waals surface area contributed by atoms with Gasteiger partial charge in [-0.05, 0) is 68.4 Å². The summed E-state index contributed by atoms with van der Waals surface area (Å²) in [6.45, 7) is 1.37. The van der Waals surface area contributed by atoms with E-state index in [-0.39, 0.29) is 11.4 Å². The molecule has 1 aromatic carbocycles. The maximum Gasteiger partial charge on any atom is 0.255 e. The van der Waals surface area contributed by atoms with Gasteiger partial charge < -0.3 is 20.1 Å². The van der Waals surface area contributed by atoms with Crippen molar-refractivity contribution in [1.82, 2.24) is 0 Å². The van der Waals surface area contributed by atoms with Gasteiger partial charge in [0, 0.05) is 5.54 Å². The topological polar surface area (TPSA) is 59.6 Å². The van der Waals surface area contributed by atoms with Crippen molar-refractivity contribution in [1.29, 1.82) is 0 Å². The maximum absolute atomic E-state index is 12.5. The van der Waals surface area contributed by atoms with Gasteiger partial charge in [-0.25, -0.2) is 0 Å². The van der Waals surface area contributed by atoms with E-state index in [1.807, 2.05) is 18.2 Å². The van der Waals surface area contributed by atoms with Crippen molar-refractivity contribution in [3.63, 3.8) is 0 Å². The fourth-order valence-corrected chi connectivity index (χ4v) is 6.10. The zero-order valence-electron chi connectivity index (χ0n) is 15.2. The molecule has 1 atom stereocenters. The summed E-state index contributed by atoms with van der Waals surface area (Å²) in [5, 5.41) is 6.93. The summed E-state index contributed by atoms with van der Waals surface area (Å²) in [6, 6.07) is 8.08. The Bertz CT molecular complexity index is 648. The number of carbonyl (C=O) groups excluding carboxylic acids is 1. The molecule has 0 spiro atoms. The summed E-state index contributed by atoms with van der Waals surface area (Å²) >= 11 is 0. The normalized spacial score (nSPS) is 38.2. The van der Waals surface area contributed by atoms with Gasteiger partial charge in [0.25, 0.3) is 5.91 Å². The monoisotopic (exact) mass is 356 g/mol. The van der Waals surface area contributed by atoms with Crippen molar-refractivity contribution in [3.8, 4) is 0 Å². The standard InChI is InChI=1S/C21H28N2O3/c24-20(19-13-25-5-6-26-19)22-17-3-1-2-4-18(17)23-21-10-14-7-15(11-21)9-16(8-14)12-21/h1-4,14-16,19,23H,5-13H2,(H,22,24)/t14?,15?,16?,19-,21?/m0/s1. The Morgan fingerprint density at radius 1 is 0.962 bits per heavy atom. The van der Waals surface area contributed by atoms with Crippen LogP contribution in [0.25, 0.3) is 0 Å². The van der Waals surface area contributed by atoms with Gasteiger partial charge in [-0.2, -0.15) is 0 Å². The molecule has 4 saturated carbocycles. The van der Waals surface area contributed by atoms with E-state index in [1.165, 1.54) is 38.5 Å². The number of hydrogen-bond donors (Lipinski definition) is 2. The van der Waals surface area contributed by atoms with E-state index in [9.17, 15) is 4.79 Å². The lowest BCUT2D eigenvalue weighted by molar-refractivity contribution is -0.142. The molecule has 1 amide bonds. The number of amides is 1. The van der Waals surface area contributed by atoms with Gasteiger partial charge in [-0.15, -0.1) is 0 Å². The molecule has 5 fully saturated rings. The van der Waals surface area contributed by atoms with Crippen molar-refractivity contribution in [3.05, 3.63) is 24.3 Å². The molecular formula is C21H28N2O3. The second-order valence-corrected chi connectivity index (χ2v) is 8.79. The smallest absolute Gasteiger partial charge is 0.255 e. The van der Waals surface area contributed by atoms with Crippen LogP contribution in [0.4, 0.5) is 11.4 Å². The molecule has 0 aromatic heterocycles. The first-order valence-corrected chi connectivity index (χ1v) is 10.1. The minimum Gasteiger partial charge on any atom is -0.378 e. The van der Waals surface area contributed by atoms with Gasteiger partial charge in [0.15, 0.2) is 6.10 Å². The Morgan fingerprint density at radius 3 is 2.23 bits per heavy atom. The fraction of sp³-hybridized carbons (Fsp3) is 0.667. The Labute approximate surface area is 154 Å². The molecule has 26 heavy (non-hydrogen) atoms. The third-order valence-corrected chi connectivity index (χ3v) is 6.73. The van der Waals surface area contributed by atoms with Gasteiger partial charge in [0.05, 0.1) is 31.2 Å². The van der Waals surface area contributed by atoms with Crippen LogP contribution in [-0.2, 0) is 14.3 Å². The highest BCUT2D eigenvalue weighted by atomic mass is 16.6. The first-order valence-electron chi connectivity index (χ1n) is 10.1. The quantitative estimate of drug-likeness (QED) is 0.868. The summed E-state index contributed by atoms with van der Waals surface area (Å²) in [5.41, 5.74) is 2.11. The van der Waals surface area contributed by atoms with E-state index in [0.29, 0.717) is 19.8 Å². The number of para-hydroxylation sites is 2. The lowest BCUT2D eigenvalue weighted by atomic mass is 9.53. The highest BCUT2D eigenvalue weighted by molar-refractivity contribution is 5.97. The highest BCUT2D eigenvalue weighted by Gasteiger charge is 2.51. The third kappa shape index (κ3) is 3.12. The van der Waals surface area contributed by atoms with Crippen LogP contribution in [0.15, 0.2) is 24.3 Å². The van der Waals surface area contributed by atoms with Crippen LogP contribution in [0.2, 0.25) is 0 Å². The van der Waals surface area contributed by atoms with Crippen LogP contribution in [0.5, 0.6) is 0 Å². The zero-order valence-corrected chi connectivity index (χ0v) is 15.2. The fourth-order valence-electron chi connectivity index (χ4n) is 6.10. The molecule has 5 nitrogen and oxygen atoms in total. The van der Waals surface area contributed by atoms with Crippen LogP contribution in [0.3, 0.4) is 0 Å². The maximum atomic E-state index is 12.5. The van der Waals surface area contributed by atoms with E-state index >= 15 is 0 Å². The number of ether oxygens (including phenoxy) is 2. The third-order valence-electron chi connectivity index (χ3n) is 6.73. The minimum atomic E-state index is -0.517. The number of nitrogens with one attached hydrogen (secondary N) is 2. The predicted molar refractivity (Wildman–Crippen MR) is 100 cm³/mol. The Morgan fingerprint density at radius 2 is 1.62 bits per heavy atom.